The SMILES string of the molecule is C=CC(=O)N1C[C@@H]2CN(CC(=O)O)c3c(c4cc(F)c(-c5c(O)cccc5F)c(F)c4n(-c4c(C)ccnc4C(C)C)c3=O)N2C[C@H]1C. The number of pyridine rings is 2. The van der Waals surface area contributed by atoms with Crippen molar-refractivity contribution in [2.45, 2.75) is 45.7 Å². The maximum Gasteiger partial charge on any atom is 0.323 e. The van der Waals surface area contributed by atoms with Crippen LogP contribution in [0.2, 0.25) is 0 Å². The summed E-state index contributed by atoms with van der Waals surface area (Å²) in [6.07, 6.45) is 2.73. The van der Waals surface area contributed by atoms with Gasteiger partial charge in [-0.1, -0.05) is 26.5 Å². The number of aryl methyl sites for hydroxylation is 1. The standard InChI is InChI=1S/C35H34F3N5O5/c1-6-25(45)41-15-20-14-40(16-26(46)47)34-33(42(20)13-19(41)5)21-12-23(37)28(27-22(36)8-7-9-24(27)44)29(38)32(21)43(35(34)48)31-18(4)10-11-39-30(31)17(2)3/h6-12,17,19-20,44H,1,13-16H2,2-5H3,(H,46,47)/t19-,20+/m1/s1. The number of aromatic nitrogens is 2. The van der Waals surface area contributed by atoms with Crippen LogP contribution in [0.15, 0.2) is 54.0 Å². The van der Waals surface area contributed by atoms with Crippen LogP contribution in [0.4, 0.5) is 24.5 Å². The fraction of sp³-hybridized carbons (Fsp3) is 0.314. The highest BCUT2D eigenvalue weighted by atomic mass is 19.1. The van der Waals surface area contributed by atoms with Gasteiger partial charge in [0.05, 0.1) is 39.8 Å². The second-order valence-corrected chi connectivity index (χ2v) is 12.6. The molecule has 4 aromatic rings. The number of hydrogen-bond acceptors (Lipinski definition) is 7. The molecule has 10 nitrogen and oxygen atoms in total. The van der Waals surface area contributed by atoms with Crippen molar-refractivity contribution in [3.63, 3.8) is 0 Å². The number of amides is 1. The Bertz CT molecular complexity index is 2060. The van der Waals surface area contributed by atoms with Crippen LogP contribution in [0.3, 0.4) is 0 Å². The maximum atomic E-state index is 17.3. The lowest BCUT2D eigenvalue weighted by Crippen LogP contribution is -2.64. The minimum Gasteiger partial charge on any atom is -0.507 e. The smallest absolute Gasteiger partial charge is 0.323 e. The number of phenolic OH excluding ortho intramolecular Hbond substituents is 1. The van der Waals surface area contributed by atoms with Gasteiger partial charge in [0.2, 0.25) is 5.91 Å². The molecule has 4 heterocycles. The number of rotatable bonds is 6. The molecule has 2 N–H and O–H groups in total. The topological polar surface area (TPSA) is 119 Å². The number of phenols is 1. The molecule has 48 heavy (non-hydrogen) atoms. The largest absolute Gasteiger partial charge is 0.507 e. The molecule has 2 aromatic heterocycles. The van der Waals surface area contributed by atoms with Gasteiger partial charge in [-0.15, -0.1) is 0 Å². The van der Waals surface area contributed by atoms with E-state index in [0.717, 1.165) is 22.8 Å². The number of aliphatic carboxylic acids is 1. The summed E-state index contributed by atoms with van der Waals surface area (Å²) >= 11 is 0. The Labute approximate surface area is 273 Å². The number of carboxylic acid groups (broad SMARTS) is 1. The lowest BCUT2D eigenvalue weighted by molar-refractivity contribution is -0.135. The van der Waals surface area contributed by atoms with Crippen molar-refractivity contribution < 1.29 is 33.0 Å². The molecule has 2 atom stereocenters. The van der Waals surface area contributed by atoms with Gasteiger partial charge in [-0.2, -0.15) is 0 Å². The van der Waals surface area contributed by atoms with E-state index < -0.39 is 70.0 Å². The van der Waals surface area contributed by atoms with Crippen LogP contribution >= 0.6 is 0 Å². The van der Waals surface area contributed by atoms with Crippen LogP contribution in [0.1, 0.15) is 37.9 Å². The maximum absolute atomic E-state index is 17.3. The summed E-state index contributed by atoms with van der Waals surface area (Å²) in [4.78, 5) is 49.1. The summed E-state index contributed by atoms with van der Waals surface area (Å²) in [5.74, 6) is -6.14. The summed E-state index contributed by atoms with van der Waals surface area (Å²) in [5, 5.41) is 20.4. The average molecular weight is 662 g/mol. The third kappa shape index (κ3) is 5.04. The van der Waals surface area contributed by atoms with Crippen LogP contribution in [0.5, 0.6) is 5.75 Å². The Morgan fingerprint density at radius 2 is 1.79 bits per heavy atom. The van der Waals surface area contributed by atoms with Crippen LogP contribution < -0.4 is 15.4 Å². The molecule has 2 aromatic carbocycles. The van der Waals surface area contributed by atoms with Crippen LogP contribution in [-0.2, 0) is 9.59 Å². The lowest BCUT2D eigenvalue weighted by atomic mass is 9.95. The van der Waals surface area contributed by atoms with Gasteiger partial charge < -0.3 is 24.9 Å². The van der Waals surface area contributed by atoms with Crippen molar-refractivity contribution in [2.24, 2.45) is 0 Å². The van der Waals surface area contributed by atoms with Crippen LogP contribution in [-0.4, -0.2) is 74.8 Å². The number of benzene rings is 2. The Balaban J connectivity index is 1.80. The zero-order chi connectivity index (χ0) is 34.8. The molecule has 250 valence electrons. The first-order valence-electron chi connectivity index (χ1n) is 15.5. The van der Waals surface area contributed by atoms with E-state index in [1.165, 1.54) is 17.0 Å². The van der Waals surface area contributed by atoms with Gasteiger partial charge in [0.15, 0.2) is 5.82 Å². The van der Waals surface area contributed by atoms with Crippen molar-refractivity contribution in [3.05, 3.63) is 88.2 Å². The van der Waals surface area contributed by atoms with E-state index in [-0.39, 0.29) is 53.9 Å². The number of carbonyl (C=O) groups is 2. The zero-order valence-electron chi connectivity index (χ0n) is 26.8. The third-order valence-electron chi connectivity index (χ3n) is 9.13. The van der Waals surface area contributed by atoms with Crippen LogP contribution in [0.25, 0.3) is 27.7 Å². The molecule has 6 rings (SSSR count). The minimum absolute atomic E-state index is 0.0168. The molecular formula is C35H34F3N5O5. The van der Waals surface area contributed by atoms with E-state index >= 15 is 13.2 Å². The van der Waals surface area contributed by atoms with Gasteiger partial charge in [-0.25, -0.2) is 13.2 Å². The van der Waals surface area contributed by atoms with Crippen molar-refractivity contribution >= 4 is 34.2 Å². The number of aromatic hydroxyl groups is 1. The Morgan fingerprint density at radius 1 is 1.06 bits per heavy atom. The summed E-state index contributed by atoms with van der Waals surface area (Å²) in [6, 6.07) is 4.89. The van der Waals surface area contributed by atoms with Gasteiger partial charge in [-0.05, 0) is 55.7 Å². The first-order chi connectivity index (χ1) is 22.8. The second kappa shape index (κ2) is 12.0. The van der Waals surface area contributed by atoms with E-state index in [9.17, 15) is 24.6 Å². The fourth-order valence-electron chi connectivity index (χ4n) is 7.05. The van der Waals surface area contributed by atoms with Crippen LogP contribution in [0, 0.1) is 24.4 Å². The number of piperazine rings is 1. The van der Waals surface area contributed by atoms with Gasteiger partial charge in [0.25, 0.3) is 5.56 Å². The predicted molar refractivity (Wildman–Crippen MR) is 175 cm³/mol. The van der Waals surface area contributed by atoms with E-state index in [2.05, 4.69) is 11.6 Å². The van der Waals surface area contributed by atoms with Gasteiger partial charge in [0.1, 0.15) is 29.6 Å². The van der Waals surface area contributed by atoms with Gasteiger partial charge >= 0.3 is 5.97 Å². The highest BCUT2D eigenvalue weighted by molar-refractivity contribution is 6.03. The number of fused-ring (bicyclic) bond motifs is 5. The molecule has 0 bridgehead atoms. The molecule has 0 spiro atoms. The summed E-state index contributed by atoms with van der Waals surface area (Å²) in [6.45, 7) is 10.4. The van der Waals surface area contributed by atoms with Crippen molar-refractivity contribution in [1.82, 2.24) is 14.5 Å². The molecule has 0 unspecified atom stereocenters. The minimum atomic E-state index is -1.30. The second-order valence-electron chi connectivity index (χ2n) is 12.6. The normalized spacial score (nSPS) is 17.5. The van der Waals surface area contributed by atoms with E-state index in [1.807, 2.05) is 13.8 Å². The molecule has 1 saturated heterocycles. The monoisotopic (exact) mass is 661 g/mol. The van der Waals surface area contributed by atoms with Gasteiger partial charge in [-0.3, -0.25) is 23.9 Å². The summed E-state index contributed by atoms with van der Waals surface area (Å²) in [5.41, 5.74) is -1.61. The quantitative estimate of drug-likeness (QED) is 0.274. The molecule has 1 fully saturated rings. The average Bonchev–Trinajstić information content (AvgIpc) is 3.02. The molecule has 0 aliphatic carbocycles. The Kier molecular flexibility index (Phi) is 8.18. The summed E-state index contributed by atoms with van der Waals surface area (Å²) in [7, 11) is 0. The number of anilines is 2. The molecular weight excluding hydrogens is 627 g/mol. The van der Waals surface area contributed by atoms with Crippen molar-refractivity contribution in [2.75, 3.05) is 36.0 Å². The van der Waals surface area contributed by atoms with E-state index in [1.54, 1.807) is 35.9 Å². The fourth-order valence-corrected chi connectivity index (χ4v) is 7.05. The predicted octanol–water partition coefficient (Wildman–Crippen LogP) is 5.10. The van der Waals surface area contributed by atoms with Crippen molar-refractivity contribution in [3.8, 4) is 22.6 Å². The Hall–Kier alpha value is -5.33. The molecule has 13 heteroatoms. The Morgan fingerprint density at radius 3 is 2.44 bits per heavy atom. The van der Waals surface area contributed by atoms with E-state index in [4.69, 9.17) is 0 Å². The number of carbonyl (C=O) groups excluding carboxylic acids is 1. The molecule has 2 aliphatic heterocycles. The number of hydrogen-bond donors (Lipinski definition) is 2. The molecule has 1 amide bonds. The number of halogens is 3. The zero-order valence-corrected chi connectivity index (χ0v) is 26.8. The van der Waals surface area contributed by atoms with Gasteiger partial charge in [0, 0.05) is 37.3 Å². The number of carboxylic acids is 1. The summed E-state index contributed by atoms with van der Waals surface area (Å²) < 4.78 is 49.9. The highest BCUT2D eigenvalue weighted by Crippen LogP contribution is 2.46. The third-order valence-corrected chi connectivity index (χ3v) is 9.13. The lowest BCUT2D eigenvalue weighted by Gasteiger charge is -2.51. The molecule has 2 aliphatic rings. The van der Waals surface area contributed by atoms with Crippen molar-refractivity contribution in [1.29, 1.82) is 0 Å². The molecule has 0 saturated carbocycles. The molecule has 0 radical (unpaired) electrons. The number of nitrogens with zero attached hydrogens (tertiary/aromatic N) is 5. The first kappa shape index (κ1) is 32.6. The van der Waals surface area contributed by atoms with E-state index in [0.29, 0.717) is 11.3 Å². The highest BCUT2D eigenvalue weighted by Gasteiger charge is 2.43. The first-order valence-corrected chi connectivity index (χ1v) is 15.5.